The fraction of sp³-hybridized carbons (Fsp3) is 0.615. The SMILES string of the molecule is O=S(=O)(CC1CC1)N(c1ncc(F)c(I)c1F)S(=O)(=O)CC1CC1. The van der Waals surface area contributed by atoms with Crippen LogP contribution in [0.5, 0.6) is 0 Å². The van der Waals surface area contributed by atoms with Gasteiger partial charge in [-0.25, -0.2) is 30.6 Å². The second kappa shape index (κ2) is 6.31. The summed E-state index contributed by atoms with van der Waals surface area (Å²) < 4.78 is 77.9. The summed E-state index contributed by atoms with van der Waals surface area (Å²) in [6, 6.07) is 0. The van der Waals surface area contributed by atoms with Gasteiger partial charge in [0.2, 0.25) is 20.0 Å². The van der Waals surface area contributed by atoms with Gasteiger partial charge in [0.25, 0.3) is 0 Å². The van der Waals surface area contributed by atoms with Crippen molar-refractivity contribution in [3.8, 4) is 0 Å². The van der Waals surface area contributed by atoms with E-state index in [1.165, 1.54) is 22.6 Å². The van der Waals surface area contributed by atoms with Crippen molar-refractivity contribution in [3.05, 3.63) is 21.4 Å². The first-order chi connectivity index (χ1) is 11.1. The zero-order valence-electron chi connectivity index (χ0n) is 12.5. The fourth-order valence-corrected chi connectivity index (χ4v) is 7.34. The quantitative estimate of drug-likeness (QED) is 0.546. The molecule has 0 saturated heterocycles. The third-order valence-corrected chi connectivity index (χ3v) is 9.36. The van der Waals surface area contributed by atoms with E-state index in [-0.39, 0.29) is 27.1 Å². The number of hydrogen-bond acceptors (Lipinski definition) is 5. The average Bonchev–Trinajstić information content (AvgIpc) is 3.36. The standard InChI is InChI=1S/C13H15F2IN2O4S2/c14-10-5-17-13(11(15)12(10)16)18(23(19,20)6-8-1-2-8)24(21,22)7-9-3-4-9/h5,8-9H,1-4,6-7H2. The number of nitrogens with zero attached hydrogens (tertiary/aromatic N) is 2. The molecule has 0 atom stereocenters. The molecule has 0 amide bonds. The van der Waals surface area contributed by atoms with Crippen LogP contribution in [-0.2, 0) is 20.0 Å². The van der Waals surface area contributed by atoms with E-state index in [1.54, 1.807) is 0 Å². The second-order valence-electron chi connectivity index (χ2n) is 6.20. The summed E-state index contributed by atoms with van der Waals surface area (Å²) in [5.74, 6) is -4.15. The van der Waals surface area contributed by atoms with Crippen molar-refractivity contribution < 1.29 is 25.6 Å². The minimum atomic E-state index is -4.32. The summed E-state index contributed by atoms with van der Waals surface area (Å²) in [7, 11) is -8.65. The van der Waals surface area contributed by atoms with Crippen LogP contribution < -0.4 is 3.71 Å². The average molecular weight is 492 g/mol. The number of aromatic nitrogens is 1. The molecule has 3 rings (SSSR count). The Bertz CT molecular complexity index is 824. The molecule has 1 heterocycles. The first-order valence-corrected chi connectivity index (χ1v) is 11.7. The van der Waals surface area contributed by atoms with E-state index in [0.29, 0.717) is 31.9 Å². The van der Waals surface area contributed by atoms with E-state index < -0.39 is 41.1 Å². The molecule has 1 aromatic rings. The fourth-order valence-electron chi connectivity index (χ4n) is 2.30. The van der Waals surface area contributed by atoms with E-state index in [0.717, 1.165) is 0 Å². The molecule has 0 aliphatic heterocycles. The summed E-state index contributed by atoms with van der Waals surface area (Å²) in [5.41, 5.74) is 0. The number of pyridine rings is 1. The Kier molecular flexibility index (Phi) is 4.79. The van der Waals surface area contributed by atoms with Crippen LogP contribution in [0.25, 0.3) is 0 Å². The third-order valence-electron chi connectivity index (χ3n) is 3.86. The van der Waals surface area contributed by atoms with Crippen molar-refractivity contribution in [3.63, 3.8) is 0 Å². The van der Waals surface area contributed by atoms with Crippen LogP contribution in [0.15, 0.2) is 6.20 Å². The summed E-state index contributed by atoms with van der Waals surface area (Å²) in [6.45, 7) is 0. The first kappa shape index (κ1) is 18.2. The monoisotopic (exact) mass is 492 g/mol. The van der Waals surface area contributed by atoms with Crippen LogP contribution in [0.2, 0.25) is 0 Å². The second-order valence-corrected chi connectivity index (χ2v) is 11.2. The van der Waals surface area contributed by atoms with Gasteiger partial charge in [-0.1, -0.05) is 0 Å². The summed E-state index contributed by atoms with van der Waals surface area (Å²) >= 11 is 1.35. The van der Waals surface area contributed by atoms with Crippen molar-refractivity contribution in [2.24, 2.45) is 11.8 Å². The van der Waals surface area contributed by atoms with Crippen LogP contribution in [-0.4, -0.2) is 33.3 Å². The maximum Gasteiger partial charge on any atom is 0.249 e. The molecule has 0 bridgehead atoms. The molecule has 24 heavy (non-hydrogen) atoms. The number of rotatable bonds is 7. The normalized spacial score (nSPS) is 18.6. The highest BCUT2D eigenvalue weighted by Crippen LogP contribution is 2.37. The highest BCUT2D eigenvalue weighted by molar-refractivity contribution is 14.1. The molecule has 0 spiro atoms. The van der Waals surface area contributed by atoms with E-state index in [1.807, 2.05) is 0 Å². The smallest absolute Gasteiger partial charge is 0.231 e. The highest BCUT2D eigenvalue weighted by Gasteiger charge is 2.43. The maximum atomic E-state index is 14.4. The summed E-state index contributed by atoms with van der Waals surface area (Å²) in [4.78, 5) is 3.44. The topological polar surface area (TPSA) is 84.4 Å². The minimum Gasteiger partial charge on any atom is -0.231 e. The molecule has 11 heteroatoms. The molecule has 0 unspecified atom stereocenters. The molecular weight excluding hydrogens is 477 g/mol. The van der Waals surface area contributed by atoms with E-state index in [2.05, 4.69) is 4.98 Å². The lowest BCUT2D eigenvalue weighted by Crippen LogP contribution is -2.42. The molecule has 2 saturated carbocycles. The van der Waals surface area contributed by atoms with Gasteiger partial charge in [0, 0.05) is 0 Å². The highest BCUT2D eigenvalue weighted by atomic mass is 127. The Hall–Kier alpha value is -0.560. The Balaban J connectivity index is 2.09. The van der Waals surface area contributed by atoms with Crippen molar-refractivity contribution in [2.75, 3.05) is 15.2 Å². The molecule has 1 aromatic heterocycles. The van der Waals surface area contributed by atoms with Gasteiger partial charge in [-0.2, -0.15) is 0 Å². The van der Waals surface area contributed by atoms with Crippen LogP contribution in [0.3, 0.4) is 0 Å². The predicted molar refractivity (Wildman–Crippen MR) is 92.4 cm³/mol. The lowest BCUT2D eigenvalue weighted by molar-refractivity contribution is 0.554. The number of sulfonamides is 2. The largest absolute Gasteiger partial charge is 0.249 e. The predicted octanol–water partition coefficient (Wildman–Crippen LogP) is 2.25. The Morgan fingerprint density at radius 2 is 1.50 bits per heavy atom. The van der Waals surface area contributed by atoms with E-state index in [4.69, 9.17) is 0 Å². The van der Waals surface area contributed by atoms with Crippen molar-refractivity contribution in [2.45, 2.75) is 25.7 Å². The molecule has 6 nitrogen and oxygen atoms in total. The van der Waals surface area contributed by atoms with Gasteiger partial charge < -0.3 is 0 Å². The van der Waals surface area contributed by atoms with Crippen molar-refractivity contribution in [1.82, 2.24) is 4.98 Å². The van der Waals surface area contributed by atoms with E-state index in [9.17, 15) is 25.6 Å². The summed E-state index contributed by atoms with van der Waals surface area (Å²) in [6.07, 6.45) is 3.38. The maximum absolute atomic E-state index is 14.4. The van der Waals surface area contributed by atoms with Gasteiger partial charge >= 0.3 is 0 Å². The van der Waals surface area contributed by atoms with Crippen LogP contribution in [0, 0.1) is 27.0 Å². The molecule has 0 N–H and O–H groups in total. The minimum absolute atomic E-state index is 0.0908. The van der Waals surface area contributed by atoms with Crippen LogP contribution in [0.4, 0.5) is 14.6 Å². The summed E-state index contributed by atoms with van der Waals surface area (Å²) in [5, 5.41) is 0. The van der Waals surface area contributed by atoms with Gasteiger partial charge in [-0.3, -0.25) is 0 Å². The first-order valence-electron chi connectivity index (χ1n) is 7.37. The van der Waals surface area contributed by atoms with Gasteiger partial charge in [0.05, 0.1) is 21.3 Å². The molecule has 134 valence electrons. The molecule has 0 aromatic carbocycles. The van der Waals surface area contributed by atoms with Gasteiger partial charge in [0.1, 0.15) is 0 Å². The van der Waals surface area contributed by atoms with Crippen LogP contribution in [0.1, 0.15) is 25.7 Å². The lowest BCUT2D eigenvalue weighted by Gasteiger charge is -2.23. The molecular formula is C13H15F2IN2O4S2. The van der Waals surface area contributed by atoms with E-state index >= 15 is 0 Å². The lowest BCUT2D eigenvalue weighted by atomic mass is 10.4. The molecule has 2 aliphatic rings. The van der Waals surface area contributed by atoms with Crippen molar-refractivity contribution >= 4 is 48.5 Å². The molecule has 0 radical (unpaired) electrons. The number of halogens is 3. The Labute approximate surface area is 152 Å². The zero-order valence-corrected chi connectivity index (χ0v) is 16.2. The van der Waals surface area contributed by atoms with Gasteiger partial charge in [0.15, 0.2) is 17.5 Å². The van der Waals surface area contributed by atoms with Crippen molar-refractivity contribution in [1.29, 1.82) is 0 Å². The third kappa shape index (κ3) is 3.82. The Morgan fingerprint density at radius 3 is 1.92 bits per heavy atom. The zero-order chi connectivity index (χ0) is 17.7. The van der Waals surface area contributed by atoms with Crippen LogP contribution >= 0.6 is 22.6 Å². The number of anilines is 1. The molecule has 2 fully saturated rings. The Morgan fingerprint density at radius 1 is 1.04 bits per heavy atom. The molecule has 2 aliphatic carbocycles. The van der Waals surface area contributed by atoms with Gasteiger partial charge in [-0.05, 0) is 60.1 Å². The number of hydrogen-bond donors (Lipinski definition) is 0. The van der Waals surface area contributed by atoms with Gasteiger partial charge in [-0.15, -0.1) is 3.71 Å².